The molecule has 0 amide bonds. The zero-order valence-corrected chi connectivity index (χ0v) is 9.02. The second kappa shape index (κ2) is 4.10. The van der Waals surface area contributed by atoms with Crippen LogP contribution in [0.2, 0.25) is 0 Å². The van der Waals surface area contributed by atoms with Crippen molar-refractivity contribution in [3.8, 4) is 0 Å². The molecule has 0 nitrogen and oxygen atoms in total. The van der Waals surface area contributed by atoms with E-state index in [0.29, 0.717) is 6.92 Å². The Bertz CT molecular complexity index is 406. The van der Waals surface area contributed by atoms with Crippen molar-refractivity contribution in [2.75, 3.05) is 0 Å². The van der Waals surface area contributed by atoms with Gasteiger partial charge in [-0.05, 0) is 6.92 Å². The fourth-order valence-corrected chi connectivity index (χ4v) is 1.50. The number of alkyl halides is 5. The smallest absolute Gasteiger partial charge is 0.206 e. The van der Waals surface area contributed by atoms with Crippen LogP contribution >= 0.6 is 0 Å². The van der Waals surface area contributed by atoms with Crippen molar-refractivity contribution >= 4 is 0 Å². The SMILES string of the molecule is Cc1c(F)c(C(C)(F)F)c(F)c(F)c1C(F)(F)F. The van der Waals surface area contributed by atoms with Gasteiger partial charge < -0.3 is 0 Å². The first kappa shape index (κ1) is 14.7. The molecule has 0 aliphatic heterocycles. The maximum absolute atomic E-state index is 13.3. The van der Waals surface area contributed by atoms with E-state index < -0.39 is 46.2 Å². The zero-order valence-electron chi connectivity index (χ0n) is 9.02. The monoisotopic (exact) mass is 278 g/mol. The van der Waals surface area contributed by atoms with Crippen LogP contribution in [0.4, 0.5) is 35.1 Å². The third kappa shape index (κ3) is 2.28. The fraction of sp³-hybridized carbons (Fsp3) is 0.400. The third-order valence-electron chi connectivity index (χ3n) is 2.28. The van der Waals surface area contributed by atoms with Gasteiger partial charge in [-0.1, -0.05) is 0 Å². The molecule has 8 heteroatoms. The van der Waals surface area contributed by atoms with Crippen LogP contribution in [0.5, 0.6) is 0 Å². The molecule has 0 aromatic heterocycles. The summed E-state index contributed by atoms with van der Waals surface area (Å²) in [6.07, 6.45) is -5.38. The number of rotatable bonds is 1. The van der Waals surface area contributed by atoms with E-state index in [-0.39, 0.29) is 6.92 Å². The molecular weight excluding hydrogens is 272 g/mol. The van der Waals surface area contributed by atoms with Gasteiger partial charge in [0.25, 0.3) is 5.92 Å². The molecular formula is C10H6F8. The van der Waals surface area contributed by atoms with E-state index in [1.165, 1.54) is 0 Å². The Balaban J connectivity index is 3.79. The lowest BCUT2D eigenvalue weighted by Crippen LogP contribution is -2.21. The standard InChI is InChI=1S/C10H6F8/c1-3-4(10(16,17)18)7(12)8(13)5(6(3)11)9(2,14)15/h1-2H3. The van der Waals surface area contributed by atoms with Crippen LogP contribution in [0.25, 0.3) is 0 Å². The Morgan fingerprint density at radius 3 is 1.44 bits per heavy atom. The summed E-state index contributed by atoms with van der Waals surface area (Å²) >= 11 is 0. The largest absolute Gasteiger partial charge is 0.419 e. The van der Waals surface area contributed by atoms with Crippen molar-refractivity contribution in [1.29, 1.82) is 0 Å². The molecule has 0 spiro atoms. The minimum Gasteiger partial charge on any atom is -0.206 e. The van der Waals surface area contributed by atoms with Crippen LogP contribution < -0.4 is 0 Å². The second-order valence-electron chi connectivity index (χ2n) is 3.70. The van der Waals surface area contributed by atoms with E-state index in [2.05, 4.69) is 0 Å². The molecule has 0 saturated carbocycles. The molecule has 0 N–H and O–H groups in total. The van der Waals surface area contributed by atoms with Crippen LogP contribution in [-0.4, -0.2) is 0 Å². The van der Waals surface area contributed by atoms with Gasteiger partial charge in [0.05, 0.1) is 5.56 Å². The van der Waals surface area contributed by atoms with E-state index in [1.54, 1.807) is 0 Å². The first-order valence-electron chi connectivity index (χ1n) is 4.51. The van der Waals surface area contributed by atoms with Gasteiger partial charge in [-0.3, -0.25) is 0 Å². The second-order valence-corrected chi connectivity index (χ2v) is 3.70. The maximum Gasteiger partial charge on any atom is 0.419 e. The predicted octanol–water partition coefficient (Wildman–Crippen LogP) is 4.54. The van der Waals surface area contributed by atoms with Crippen LogP contribution in [-0.2, 0) is 12.1 Å². The minimum absolute atomic E-state index is 0.0562. The normalized spacial score (nSPS) is 13.0. The van der Waals surface area contributed by atoms with Gasteiger partial charge in [0.15, 0.2) is 11.6 Å². The highest BCUT2D eigenvalue weighted by atomic mass is 19.4. The Hall–Kier alpha value is -1.34. The lowest BCUT2D eigenvalue weighted by atomic mass is 9.98. The summed E-state index contributed by atoms with van der Waals surface area (Å²) in [6.45, 7) is 0.510. The predicted molar refractivity (Wildman–Crippen MR) is 45.6 cm³/mol. The Morgan fingerprint density at radius 1 is 0.722 bits per heavy atom. The van der Waals surface area contributed by atoms with Crippen molar-refractivity contribution < 1.29 is 35.1 Å². The van der Waals surface area contributed by atoms with Crippen molar-refractivity contribution in [3.63, 3.8) is 0 Å². The van der Waals surface area contributed by atoms with Crippen molar-refractivity contribution in [2.24, 2.45) is 0 Å². The van der Waals surface area contributed by atoms with Gasteiger partial charge in [-0.25, -0.2) is 22.0 Å². The van der Waals surface area contributed by atoms with Gasteiger partial charge in [0, 0.05) is 12.5 Å². The van der Waals surface area contributed by atoms with Crippen LogP contribution in [0.15, 0.2) is 0 Å². The zero-order chi connectivity index (χ0) is 14.5. The van der Waals surface area contributed by atoms with E-state index >= 15 is 0 Å². The lowest BCUT2D eigenvalue weighted by Gasteiger charge is -2.19. The lowest BCUT2D eigenvalue weighted by molar-refractivity contribution is -0.141. The Kier molecular flexibility index (Phi) is 3.35. The minimum atomic E-state index is -5.38. The van der Waals surface area contributed by atoms with Crippen LogP contribution in [0.3, 0.4) is 0 Å². The van der Waals surface area contributed by atoms with Crippen molar-refractivity contribution in [3.05, 3.63) is 34.1 Å². The summed E-state index contributed by atoms with van der Waals surface area (Å²) in [7, 11) is 0. The molecule has 0 fully saturated rings. The van der Waals surface area contributed by atoms with Crippen LogP contribution in [0, 0.1) is 24.4 Å². The van der Waals surface area contributed by atoms with Crippen molar-refractivity contribution in [2.45, 2.75) is 25.9 Å². The molecule has 0 aliphatic carbocycles. The first-order valence-corrected chi connectivity index (χ1v) is 4.51. The average Bonchev–Trinajstić information content (AvgIpc) is 2.10. The fourth-order valence-electron chi connectivity index (χ4n) is 1.50. The summed E-state index contributed by atoms with van der Waals surface area (Å²) < 4.78 is 102. The molecule has 0 unspecified atom stereocenters. The number of hydrogen-bond acceptors (Lipinski definition) is 0. The van der Waals surface area contributed by atoms with Crippen molar-refractivity contribution in [1.82, 2.24) is 0 Å². The third-order valence-corrected chi connectivity index (χ3v) is 2.28. The molecule has 18 heavy (non-hydrogen) atoms. The molecule has 1 rings (SSSR count). The summed E-state index contributed by atoms with van der Waals surface area (Å²) in [5.41, 5.74) is -5.63. The molecule has 1 aromatic rings. The van der Waals surface area contributed by atoms with Crippen LogP contribution in [0.1, 0.15) is 23.6 Å². The summed E-state index contributed by atoms with van der Waals surface area (Å²) in [5.74, 6) is -11.3. The maximum atomic E-state index is 13.3. The highest BCUT2D eigenvalue weighted by Crippen LogP contribution is 2.41. The number of halogens is 8. The summed E-state index contributed by atoms with van der Waals surface area (Å²) in [5, 5.41) is 0. The van der Waals surface area contributed by atoms with Gasteiger partial charge >= 0.3 is 6.18 Å². The van der Waals surface area contributed by atoms with E-state index in [1.807, 2.05) is 0 Å². The Morgan fingerprint density at radius 2 is 1.11 bits per heavy atom. The van der Waals surface area contributed by atoms with Gasteiger partial charge in [-0.2, -0.15) is 13.2 Å². The molecule has 0 radical (unpaired) electrons. The van der Waals surface area contributed by atoms with Gasteiger partial charge in [0.1, 0.15) is 11.4 Å². The quantitative estimate of drug-likeness (QED) is 0.522. The Labute approximate surface area is 96.2 Å². The molecule has 0 aliphatic rings. The summed E-state index contributed by atoms with van der Waals surface area (Å²) in [6, 6.07) is 0. The summed E-state index contributed by atoms with van der Waals surface area (Å²) in [4.78, 5) is 0. The van der Waals surface area contributed by atoms with E-state index in [4.69, 9.17) is 0 Å². The number of benzene rings is 1. The molecule has 0 heterocycles. The van der Waals surface area contributed by atoms with E-state index in [9.17, 15) is 35.1 Å². The molecule has 102 valence electrons. The average molecular weight is 278 g/mol. The highest BCUT2D eigenvalue weighted by molar-refractivity contribution is 5.39. The number of hydrogen-bond donors (Lipinski definition) is 0. The van der Waals surface area contributed by atoms with Gasteiger partial charge in [0.2, 0.25) is 0 Å². The highest BCUT2D eigenvalue weighted by Gasteiger charge is 2.43. The topological polar surface area (TPSA) is 0 Å². The first-order chi connectivity index (χ1) is 7.89. The molecule has 1 aromatic carbocycles. The van der Waals surface area contributed by atoms with Gasteiger partial charge in [-0.15, -0.1) is 0 Å². The molecule has 0 bridgehead atoms. The van der Waals surface area contributed by atoms with E-state index in [0.717, 1.165) is 0 Å². The molecule has 0 atom stereocenters. The molecule has 0 saturated heterocycles.